The van der Waals surface area contributed by atoms with Crippen molar-refractivity contribution in [3.63, 3.8) is 0 Å². The first-order valence-corrected chi connectivity index (χ1v) is 7.07. The van der Waals surface area contributed by atoms with Crippen LogP contribution >= 0.6 is 0 Å². The zero-order valence-corrected chi connectivity index (χ0v) is 11.7. The molecule has 1 amide bonds. The molecule has 0 spiro atoms. The molecule has 2 aromatic carbocycles. The predicted molar refractivity (Wildman–Crippen MR) is 80.9 cm³/mol. The summed E-state index contributed by atoms with van der Waals surface area (Å²) in [4.78, 5) is 12.2. The molecule has 21 heavy (non-hydrogen) atoms. The summed E-state index contributed by atoms with van der Waals surface area (Å²) in [5, 5.41) is 2.87. The van der Waals surface area contributed by atoms with Gasteiger partial charge in [0, 0.05) is 19.0 Å². The van der Waals surface area contributed by atoms with Crippen LogP contribution < -0.4 is 15.8 Å². The van der Waals surface area contributed by atoms with Crippen molar-refractivity contribution < 1.29 is 9.53 Å². The lowest BCUT2D eigenvalue weighted by Crippen LogP contribution is -2.40. The monoisotopic (exact) mass is 282 g/mol. The van der Waals surface area contributed by atoms with E-state index in [0.29, 0.717) is 13.0 Å². The number of nitrogens with two attached hydrogens (primary N) is 1. The molecule has 0 aromatic heterocycles. The lowest BCUT2D eigenvalue weighted by atomic mass is 10.1. The van der Waals surface area contributed by atoms with E-state index in [1.165, 1.54) is 0 Å². The van der Waals surface area contributed by atoms with Crippen LogP contribution in [0, 0.1) is 0 Å². The molecule has 2 atom stereocenters. The molecule has 1 heterocycles. The van der Waals surface area contributed by atoms with E-state index < -0.39 is 6.10 Å². The largest absolute Gasteiger partial charge is 0.480 e. The highest BCUT2D eigenvalue weighted by molar-refractivity contribution is 5.82. The highest BCUT2D eigenvalue weighted by Crippen LogP contribution is 2.28. The number of carbonyl (C=O) groups is 1. The summed E-state index contributed by atoms with van der Waals surface area (Å²) in [5.41, 5.74) is 8.15. The molecule has 1 aliphatic rings. The van der Waals surface area contributed by atoms with Crippen LogP contribution in [0.1, 0.15) is 17.2 Å². The Morgan fingerprint density at radius 1 is 1.19 bits per heavy atom. The standard InChI is InChI=1S/C17H18N2O2/c18-14(12-6-2-1-3-7-12)11-19-17(20)16-10-13-8-4-5-9-15(13)21-16/h1-9,14,16H,10-11,18H2,(H,19,20). The number of rotatable bonds is 4. The minimum atomic E-state index is -0.453. The van der Waals surface area contributed by atoms with Gasteiger partial charge in [0.05, 0.1) is 0 Å². The maximum Gasteiger partial charge on any atom is 0.261 e. The third-order valence-corrected chi connectivity index (χ3v) is 3.66. The smallest absolute Gasteiger partial charge is 0.261 e. The van der Waals surface area contributed by atoms with Crippen molar-refractivity contribution in [2.45, 2.75) is 18.6 Å². The number of para-hydroxylation sites is 1. The molecule has 0 saturated heterocycles. The summed E-state index contributed by atoms with van der Waals surface area (Å²) in [6.45, 7) is 0.402. The molecule has 4 heteroatoms. The molecular formula is C17H18N2O2. The first-order chi connectivity index (χ1) is 10.2. The van der Waals surface area contributed by atoms with Gasteiger partial charge in [0.1, 0.15) is 5.75 Å². The van der Waals surface area contributed by atoms with Crippen molar-refractivity contribution in [3.05, 3.63) is 65.7 Å². The van der Waals surface area contributed by atoms with Gasteiger partial charge in [-0.1, -0.05) is 48.5 Å². The van der Waals surface area contributed by atoms with E-state index in [1.807, 2.05) is 54.6 Å². The molecule has 4 nitrogen and oxygen atoms in total. The van der Waals surface area contributed by atoms with E-state index >= 15 is 0 Å². The summed E-state index contributed by atoms with van der Waals surface area (Å²) < 4.78 is 5.65. The molecule has 2 unspecified atom stereocenters. The fourth-order valence-electron chi connectivity index (χ4n) is 2.47. The highest BCUT2D eigenvalue weighted by Gasteiger charge is 2.28. The van der Waals surface area contributed by atoms with Crippen molar-refractivity contribution in [1.29, 1.82) is 0 Å². The number of amides is 1. The summed E-state index contributed by atoms with van der Waals surface area (Å²) in [5.74, 6) is 0.683. The van der Waals surface area contributed by atoms with Gasteiger partial charge in [-0.3, -0.25) is 4.79 Å². The second-order valence-corrected chi connectivity index (χ2v) is 5.18. The third kappa shape index (κ3) is 3.06. The number of carbonyl (C=O) groups excluding carboxylic acids is 1. The summed E-state index contributed by atoms with van der Waals surface area (Å²) in [7, 11) is 0. The number of hydrogen-bond donors (Lipinski definition) is 2. The molecule has 108 valence electrons. The average molecular weight is 282 g/mol. The number of benzene rings is 2. The zero-order chi connectivity index (χ0) is 14.7. The van der Waals surface area contributed by atoms with Crippen LogP contribution in [0.15, 0.2) is 54.6 Å². The van der Waals surface area contributed by atoms with Crippen molar-refractivity contribution >= 4 is 5.91 Å². The van der Waals surface area contributed by atoms with Crippen LogP contribution in [-0.4, -0.2) is 18.6 Å². The van der Waals surface area contributed by atoms with E-state index in [2.05, 4.69) is 5.32 Å². The third-order valence-electron chi connectivity index (χ3n) is 3.66. The van der Waals surface area contributed by atoms with E-state index in [4.69, 9.17) is 10.5 Å². The van der Waals surface area contributed by atoms with Crippen LogP contribution in [-0.2, 0) is 11.2 Å². The van der Waals surface area contributed by atoms with Crippen molar-refractivity contribution in [2.24, 2.45) is 5.73 Å². The summed E-state index contributed by atoms with van der Waals surface area (Å²) in [6, 6.07) is 17.3. The molecule has 3 rings (SSSR count). The van der Waals surface area contributed by atoms with Crippen molar-refractivity contribution in [2.75, 3.05) is 6.54 Å². The Bertz CT molecular complexity index is 603. The average Bonchev–Trinajstić information content (AvgIpc) is 2.97. The summed E-state index contributed by atoms with van der Waals surface area (Å²) >= 11 is 0. The minimum absolute atomic E-state index is 0.113. The quantitative estimate of drug-likeness (QED) is 0.899. The Kier molecular flexibility index (Phi) is 3.88. The van der Waals surface area contributed by atoms with Gasteiger partial charge in [-0.25, -0.2) is 0 Å². The molecule has 3 N–H and O–H groups in total. The Hall–Kier alpha value is -2.33. The molecule has 0 saturated carbocycles. The first kappa shape index (κ1) is 13.6. The second kappa shape index (κ2) is 5.97. The Balaban J connectivity index is 1.54. The molecular weight excluding hydrogens is 264 g/mol. The number of fused-ring (bicyclic) bond motifs is 1. The molecule has 0 fully saturated rings. The topological polar surface area (TPSA) is 64.3 Å². The van der Waals surface area contributed by atoms with Crippen LogP contribution in [0.4, 0.5) is 0 Å². The van der Waals surface area contributed by atoms with Gasteiger partial charge in [0.15, 0.2) is 6.10 Å². The molecule has 2 aromatic rings. The predicted octanol–water partition coefficient (Wildman–Crippen LogP) is 1.81. The fourth-order valence-corrected chi connectivity index (χ4v) is 2.47. The van der Waals surface area contributed by atoms with Crippen LogP contribution in [0.3, 0.4) is 0 Å². The van der Waals surface area contributed by atoms with Gasteiger partial charge < -0.3 is 15.8 Å². The molecule has 0 bridgehead atoms. The minimum Gasteiger partial charge on any atom is -0.480 e. The van der Waals surface area contributed by atoms with E-state index in [-0.39, 0.29) is 11.9 Å². The molecule has 1 aliphatic heterocycles. The van der Waals surface area contributed by atoms with Gasteiger partial charge in [-0.15, -0.1) is 0 Å². The highest BCUT2D eigenvalue weighted by atomic mass is 16.5. The lowest BCUT2D eigenvalue weighted by Gasteiger charge is -2.15. The second-order valence-electron chi connectivity index (χ2n) is 5.18. The molecule has 0 radical (unpaired) electrons. The normalized spacial score (nSPS) is 17.7. The summed E-state index contributed by atoms with van der Waals surface area (Å²) in [6.07, 6.45) is 0.160. The zero-order valence-electron chi connectivity index (χ0n) is 11.7. The molecule has 0 aliphatic carbocycles. The fraction of sp³-hybridized carbons (Fsp3) is 0.235. The number of nitrogens with one attached hydrogen (secondary N) is 1. The van der Waals surface area contributed by atoms with Gasteiger partial charge >= 0.3 is 0 Å². The van der Waals surface area contributed by atoms with Gasteiger partial charge in [0.2, 0.25) is 0 Å². The van der Waals surface area contributed by atoms with Crippen molar-refractivity contribution in [1.82, 2.24) is 5.32 Å². The Labute approximate surface area is 123 Å². The Morgan fingerprint density at radius 2 is 1.90 bits per heavy atom. The number of ether oxygens (including phenoxy) is 1. The Morgan fingerprint density at radius 3 is 2.67 bits per heavy atom. The first-order valence-electron chi connectivity index (χ1n) is 7.07. The van der Waals surface area contributed by atoms with Crippen LogP contribution in [0.5, 0.6) is 5.75 Å². The maximum absolute atomic E-state index is 12.2. The lowest BCUT2D eigenvalue weighted by molar-refractivity contribution is -0.127. The van der Waals surface area contributed by atoms with E-state index in [9.17, 15) is 4.79 Å². The van der Waals surface area contributed by atoms with E-state index in [1.54, 1.807) is 0 Å². The van der Waals surface area contributed by atoms with Gasteiger partial charge in [0.25, 0.3) is 5.91 Å². The SMILES string of the molecule is NC(CNC(=O)C1Cc2ccccc2O1)c1ccccc1. The number of hydrogen-bond acceptors (Lipinski definition) is 3. The van der Waals surface area contributed by atoms with Crippen molar-refractivity contribution in [3.8, 4) is 5.75 Å². The van der Waals surface area contributed by atoms with Crippen LogP contribution in [0.25, 0.3) is 0 Å². The van der Waals surface area contributed by atoms with Crippen LogP contribution in [0.2, 0.25) is 0 Å². The van der Waals surface area contributed by atoms with E-state index in [0.717, 1.165) is 16.9 Å². The maximum atomic E-state index is 12.2. The van der Waals surface area contributed by atoms with Gasteiger partial charge in [-0.2, -0.15) is 0 Å². The van der Waals surface area contributed by atoms with Gasteiger partial charge in [-0.05, 0) is 17.2 Å².